The lowest BCUT2D eigenvalue weighted by Crippen LogP contribution is -2.21. The van der Waals surface area contributed by atoms with Crippen molar-refractivity contribution < 1.29 is 28.3 Å². The molecule has 0 spiro atoms. The molecule has 0 saturated carbocycles. The Morgan fingerprint density at radius 1 is 1.29 bits per heavy atom. The summed E-state index contributed by atoms with van der Waals surface area (Å²) in [5, 5.41) is 4.85. The summed E-state index contributed by atoms with van der Waals surface area (Å²) in [6.07, 6.45) is 4.78. The summed E-state index contributed by atoms with van der Waals surface area (Å²) >= 11 is 1.24. The molecule has 150 valence electrons. The second kappa shape index (κ2) is 10.5. The van der Waals surface area contributed by atoms with Gasteiger partial charge in [-0.3, -0.25) is 4.79 Å². The van der Waals surface area contributed by atoms with Gasteiger partial charge in [-0.15, -0.1) is 11.3 Å². The fourth-order valence-electron chi connectivity index (χ4n) is 2.39. The Hall–Kier alpha value is -2.87. The number of furan rings is 1. The van der Waals surface area contributed by atoms with Crippen LogP contribution in [0.2, 0.25) is 0 Å². The van der Waals surface area contributed by atoms with Crippen LogP contribution in [0.4, 0.5) is 5.00 Å². The maximum absolute atomic E-state index is 12.3. The van der Waals surface area contributed by atoms with Crippen molar-refractivity contribution in [1.82, 2.24) is 0 Å². The van der Waals surface area contributed by atoms with Crippen LogP contribution in [-0.2, 0) is 25.5 Å². The summed E-state index contributed by atoms with van der Waals surface area (Å²) in [4.78, 5) is 36.1. The molecule has 2 rings (SSSR count). The molecular formula is C20H23NO6S. The van der Waals surface area contributed by atoms with Crippen LogP contribution in [0.25, 0.3) is 6.08 Å². The number of ether oxygens (including phenoxy) is 2. The molecule has 0 aliphatic carbocycles. The van der Waals surface area contributed by atoms with Crippen LogP contribution in [0, 0.1) is 5.92 Å². The molecule has 0 aliphatic rings. The Morgan fingerprint density at radius 3 is 2.71 bits per heavy atom. The van der Waals surface area contributed by atoms with Crippen molar-refractivity contribution in [3.8, 4) is 0 Å². The molecule has 2 heterocycles. The van der Waals surface area contributed by atoms with Crippen LogP contribution in [0.15, 0.2) is 34.3 Å². The van der Waals surface area contributed by atoms with Crippen LogP contribution < -0.4 is 5.32 Å². The maximum atomic E-state index is 12.3. The lowest BCUT2D eigenvalue weighted by atomic mass is 10.0. The number of rotatable bonds is 9. The molecule has 2 aromatic heterocycles. The van der Waals surface area contributed by atoms with E-state index in [0.29, 0.717) is 28.7 Å². The van der Waals surface area contributed by atoms with Gasteiger partial charge in [0.15, 0.2) is 6.61 Å². The molecule has 1 N–H and O–H groups in total. The van der Waals surface area contributed by atoms with E-state index in [9.17, 15) is 14.4 Å². The third kappa shape index (κ3) is 6.38. The highest BCUT2D eigenvalue weighted by molar-refractivity contribution is 7.15. The van der Waals surface area contributed by atoms with E-state index in [0.717, 1.165) is 5.56 Å². The Kier molecular flexibility index (Phi) is 8.01. The van der Waals surface area contributed by atoms with Crippen LogP contribution >= 0.6 is 11.3 Å². The molecule has 0 aromatic carbocycles. The average molecular weight is 405 g/mol. The monoisotopic (exact) mass is 405 g/mol. The van der Waals surface area contributed by atoms with Crippen LogP contribution in [-0.4, -0.2) is 31.1 Å². The number of esters is 2. The number of thiophene rings is 1. The molecule has 0 atom stereocenters. The normalized spacial score (nSPS) is 11.0. The zero-order valence-electron chi connectivity index (χ0n) is 16.0. The molecule has 0 unspecified atom stereocenters. The van der Waals surface area contributed by atoms with E-state index in [1.54, 1.807) is 19.1 Å². The number of anilines is 1. The first kappa shape index (κ1) is 21.4. The Bertz CT molecular complexity index is 835. The molecule has 7 nitrogen and oxygen atoms in total. The largest absolute Gasteiger partial charge is 0.465 e. The van der Waals surface area contributed by atoms with E-state index in [2.05, 4.69) is 5.32 Å². The molecule has 1 amide bonds. The van der Waals surface area contributed by atoms with Gasteiger partial charge in [-0.25, -0.2) is 9.59 Å². The van der Waals surface area contributed by atoms with Gasteiger partial charge in [0.1, 0.15) is 10.8 Å². The first-order chi connectivity index (χ1) is 13.4. The Morgan fingerprint density at radius 2 is 2.07 bits per heavy atom. The fraction of sp³-hybridized carbons (Fsp3) is 0.350. The summed E-state index contributed by atoms with van der Waals surface area (Å²) in [5.41, 5.74) is 1.19. The SMILES string of the molecule is CCOC(=O)c1c(CC(C)C)csc1NC(=O)COC(=O)/C=C/c1ccco1. The van der Waals surface area contributed by atoms with Gasteiger partial charge in [-0.1, -0.05) is 13.8 Å². The highest BCUT2D eigenvalue weighted by Crippen LogP contribution is 2.30. The number of carbonyl (C=O) groups excluding carboxylic acids is 3. The number of hydrogen-bond acceptors (Lipinski definition) is 7. The van der Waals surface area contributed by atoms with Crippen molar-refractivity contribution in [2.75, 3.05) is 18.5 Å². The number of nitrogens with one attached hydrogen (secondary N) is 1. The third-order valence-electron chi connectivity index (χ3n) is 3.50. The molecule has 0 aliphatic heterocycles. The summed E-state index contributed by atoms with van der Waals surface area (Å²) in [5.74, 6) is -0.856. The molecule has 0 bridgehead atoms. The van der Waals surface area contributed by atoms with Crippen molar-refractivity contribution in [1.29, 1.82) is 0 Å². The molecule has 0 radical (unpaired) electrons. The van der Waals surface area contributed by atoms with Crippen molar-refractivity contribution >= 4 is 40.3 Å². The first-order valence-electron chi connectivity index (χ1n) is 8.86. The van der Waals surface area contributed by atoms with Crippen LogP contribution in [0.3, 0.4) is 0 Å². The summed E-state index contributed by atoms with van der Waals surface area (Å²) in [7, 11) is 0. The van der Waals surface area contributed by atoms with Crippen LogP contribution in [0.5, 0.6) is 0 Å². The predicted octanol–water partition coefficient (Wildman–Crippen LogP) is 3.91. The van der Waals surface area contributed by atoms with E-state index in [4.69, 9.17) is 13.9 Å². The minimum Gasteiger partial charge on any atom is -0.465 e. The second-order valence-corrected chi connectivity index (χ2v) is 7.17. The predicted molar refractivity (Wildman–Crippen MR) is 106 cm³/mol. The molecule has 0 saturated heterocycles. The zero-order chi connectivity index (χ0) is 20.5. The Labute approximate surface area is 167 Å². The van der Waals surface area contributed by atoms with Gasteiger partial charge in [0.2, 0.25) is 0 Å². The van der Waals surface area contributed by atoms with Crippen molar-refractivity contribution in [2.24, 2.45) is 5.92 Å². The van der Waals surface area contributed by atoms with E-state index >= 15 is 0 Å². The van der Waals surface area contributed by atoms with E-state index < -0.39 is 24.5 Å². The molecule has 8 heteroatoms. The van der Waals surface area contributed by atoms with Crippen molar-refractivity contribution in [3.05, 3.63) is 46.7 Å². The van der Waals surface area contributed by atoms with E-state index in [-0.39, 0.29) is 6.61 Å². The smallest absolute Gasteiger partial charge is 0.341 e. The summed E-state index contributed by atoms with van der Waals surface area (Å²) in [6, 6.07) is 3.37. The van der Waals surface area contributed by atoms with E-state index in [1.807, 2.05) is 19.2 Å². The topological polar surface area (TPSA) is 94.8 Å². The standard InChI is InChI=1S/C20H23NO6S/c1-4-25-20(24)18-14(10-13(2)3)12-28-19(18)21-16(22)11-27-17(23)8-7-15-6-5-9-26-15/h5-9,12-13H,4,10-11H2,1-3H3,(H,21,22)/b8-7+. The zero-order valence-corrected chi connectivity index (χ0v) is 16.8. The van der Waals surface area contributed by atoms with Crippen molar-refractivity contribution in [3.63, 3.8) is 0 Å². The highest BCUT2D eigenvalue weighted by Gasteiger charge is 2.22. The Balaban J connectivity index is 1.97. The lowest BCUT2D eigenvalue weighted by molar-refractivity contribution is -0.142. The highest BCUT2D eigenvalue weighted by atomic mass is 32.1. The molecule has 2 aromatic rings. The van der Waals surface area contributed by atoms with Crippen LogP contribution in [0.1, 0.15) is 42.5 Å². The summed E-state index contributed by atoms with van der Waals surface area (Å²) in [6.45, 7) is 5.57. The van der Waals surface area contributed by atoms with Crippen molar-refractivity contribution in [2.45, 2.75) is 27.2 Å². The first-order valence-corrected chi connectivity index (χ1v) is 9.74. The second-order valence-electron chi connectivity index (χ2n) is 6.29. The fourth-order valence-corrected chi connectivity index (χ4v) is 3.37. The van der Waals surface area contributed by atoms with Gasteiger partial charge in [0.25, 0.3) is 5.91 Å². The van der Waals surface area contributed by atoms with Gasteiger partial charge in [0.05, 0.1) is 18.4 Å². The minimum absolute atomic E-state index is 0.239. The average Bonchev–Trinajstić information content (AvgIpc) is 3.28. The van der Waals surface area contributed by atoms with E-state index in [1.165, 1.54) is 29.8 Å². The van der Waals surface area contributed by atoms with Gasteiger partial charge in [-0.2, -0.15) is 0 Å². The number of carbonyl (C=O) groups is 3. The summed E-state index contributed by atoms with van der Waals surface area (Å²) < 4.78 is 15.1. The lowest BCUT2D eigenvalue weighted by Gasteiger charge is -2.09. The van der Waals surface area contributed by atoms with Gasteiger partial charge >= 0.3 is 11.9 Å². The number of hydrogen-bond donors (Lipinski definition) is 1. The molecule has 28 heavy (non-hydrogen) atoms. The molecule has 0 fully saturated rings. The molecular weight excluding hydrogens is 382 g/mol. The minimum atomic E-state index is -0.677. The van der Waals surface area contributed by atoms with Gasteiger partial charge < -0.3 is 19.2 Å². The maximum Gasteiger partial charge on any atom is 0.341 e. The number of amides is 1. The third-order valence-corrected chi connectivity index (χ3v) is 4.44. The quantitative estimate of drug-likeness (QED) is 0.502. The van der Waals surface area contributed by atoms with Gasteiger partial charge in [-0.05, 0) is 48.4 Å². The van der Waals surface area contributed by atoms with Gasteiger partial charge in [0, 0.05) is 6.08 Å².